The number of benzene rings is 1. The van der Waals surface area contributed by atoms with Gasteiger partial charge in [0.1, 0.15) is 18.1 Å². The summed E-state index contributed by atoms with van der Waals surface area (Å²) in [6, 6.07) is 9.45. The third-order valence-corrected chi connectivity index (χ3v) is 7.20. The topological polar surface area (TPSA) is 96.0 Å². The molecule has 0 saturated heterocycles. The van der Waals surface area contributed by atoms with Crippen LogP contribution in [0.2, 0.25) is 0 Å². The molecule has 0 saturated carbocycles. The third kappa shape index (κ3) is 13.5. The van der Waals surface area contributed by atoms with Crippen LogP contribution in [0.25, 0.3) is 0 Å². The Kier molecular flexibility index (Phi) is 14.2. The van der Waals surface area contributed by atoms with E-state index in [0.29, 0.717) is 24.3 Å². The van der Waals surface area contributed by atoms with Crippen molar-refractivity contribution < 1.29 is 41.1 Å². The van der Waals surface area contributed by atoms with E-state index in [1.807, 2.05) is 12.1 Å². The van der Waals surface area contributed by atoms with E-state index in [1.165, 1.54) is 24.1 Å². The summed E-state index contributed by atoms with van der Waals surface area (Å²) in [5.74, 6) is 1.88. The van der Waals surface area contributed by atoms with Crippen molar-refractivity contribution in [2.24, 2.45) is 0 Å². The predicted octanol–water partition coefficient (Wildman–Crippen LogP) is 6.99. The molecule has 0 aliphatic carbocycles. The zero-order valence-electron chi connectivity index (χ0n) is 23.1. The number of rotatable bonds is 18. The van der Waals surface area contributed by atoms with Crippen LogP contribution in [0, 0.1) is 0 Å². The number of carbonyl (C=O) groups excluding carboxylic acids is 1. The summed E-state index contributed by atoms with van der Waals surface area (Å²) >= 11 is 0. The van der Waals surface area contributed by atoms with E-state index >= 15 is 0 Å². The van der Waals surface area contributed by atoms with Crippen molar-refractivity contribution in [1.29, 1.82) is 0 Å². The minimum Gasteiger partial charge on any atom is -0.487 e. The summed E-state index contributed by atoms with van der Waals surface area (Å²) in [5, 5.41) is 2.99. The first kappa shape index (κ1) is 33.3. The van der Waals surface area contributed by atoms with Gasteiger partial charge in [-0.1, -0.05) is 38.0 Å². The number of carbonyl (C=O) groups is 1. The highest BCUT2D eigenvalue weighted by Crippen LogP contribution is 2.49. The first-order valence-corrected chi connectivity index (χ1v) is 14.9. The molecule has 8 nitrogen and oxygen atoms in total. The lowest BCUT2D eigenvalue weighted by molar-refractivity contribution is -0.153. The monoisotopic (exact) mass is 586 g/mol. The van der Waals surface area contributed by atoms with Crippen molar-refractivity contribution in [3.63, 3.8) is 0 Å². The van der Waals surface area contributed by atoms with Gasteiger partial charge in [0.15, 0.2) is 6.61 Å². The number of ether oxygens (including phenoxy) is 2. The Bertz CT molecular complexity index is 1100. The first-order chi connectivity index (χ1) is 19.1. The van der Waals surface area contributed by atoms with E-state index in [9.17, 15) is 22.5 Å². The minimum absolute atomic E-state index is 0.0336. The molecule has 1 aromatic heterocycles. The molecule has 0 aliphatic rings. The van der Waals surface area contributed by atoms with Crippen LogP contribution in [0.1, 0.15) is 57.7 Å². The number of halogens is 3. The summed E-state index contributed by atoms with van der Waals surface area (Å²) in [4.78, 5) is 16.6. The molecule has 2 aromatic rings. The van der Waals surface area contributed by atoms with Crippen molar-refractivity contribution in [3.8, 4) is 11.5 Å². The number of nitrogens with zero attached hydrogens (tertiary/aromatic N) is 1. The number of hydrogen-bond acceptors (Lipinski definition) is 7. The highest BCUT2D eigenvalue weighted by Gasteiger charge is 2.28. The normalized spacial score (nSPS) is 12.8. The number of aromatic nitrogens is 1. The maximum Gasteiger partial charge on any atom is 0.422 e. The second kappa shape index (κ2) is 17.0. The summed E-state index contributed by atoms with van der Waals surface area (Å²) < 4.78 is 71.2. The molecular formula is C28H38F3N2O6P. The first-order valence-electron chi connectivity index (χ1n) is 13.3. The number of pyridine rings is 1. The Balaban J connectivity index is 2.04. The number of nitrogens with one attached hydrogen (secondary N) is 1. The van der Waals surface area contributed by atoms with E-state index in [0.717, 1.165) is 24.8 Å². The quantitative estimate of drug-likeness (QED) is 0.149. The molecule has 1 heterocycles. The maximum atomic E-state index is 12.9. The largest absolute Gasteiger partial charge is 0.487 e. The van der Waals surface area contributed by atoms with Crippen molar-refractivity contribution in [2.75, 3.05) is 19.8 Å². The molecule has 0 aliphatic heterocycles. The van der Waals surface area contributed by atoms with Crippen LogP contribution in [0.3, 0.4) is 0 Å². The van der Waals surface area contributed by atoms with Gasteiger partial charge in [0.2, 0.25) is 5.91 Å². The number of hydrogen-bond donors (Lipinski definition) is 1. The average Bonchev–Trinajstić information content (AvgIpc) is 2.90. The van der Waals surface area contributed by atoms with Gasteiger partial charge in [0, 0.05) is 24.5 Å². The molecule has 222 valence electrons. The van der Waals surface area contributed by atoms with Crippen molar-refractivity contribution in [2.45, 2.75) is 71.7 Å². The lowest BCUT2D eigenvalue weighted by atomic mass is 10.1. The second-order valence-electron chi connectivity index (χ2n) is 8.87. The van der Waals surface area contributed by atoms with E-state index < -0.39 is 26.4 Å². The van der Waals surface area contributed by atoms with Crippen molar-refractivity contribution in [3.05, 3.63) is 65.7 Å². The number of amides is 1. The van der Waals surface area contributed by atoms with E-state index in [2.05, 4.69) is 17.2 Å². The SMILES string of the molecule is CCCCCC(=O)N[C@@H](/C=C/P(=O)(OCC)OCC)Cc1ccc(OCc2cc(OCC(F)(F)F)ccn2)cc1. The van der Waals surface area contributed by atoms with Gasteiger partial charge in [-0.25, -0.2) is 0 Å². The Labute approximate surface area is 233 Å². The van der Waals surface area contributed by atoms with Gasteiger partial charge in [0.05, 0.1) is 24.9 Å². The van der Waals surface area contributed by atoms with Gasteiger partial charge in [0.25, 0.3) is 0 Å². The molecule has 1 aromatic carbocycles. The molecular weight excluding hydrogens is 548 g/mol. The van der Waals surface area contributed by atoms with E-state index in [4.69, 9.17) is 18.5 Å². The molecule has 0 unspecified atom stereocenters. The molecule has 1 N–H and O–H groups in total. The molecule has 1 amide bonds. The molecule has 0 bridgehead atoms. The van der Waals surface area contributed by atoms with Gasteiger partial charge in [-0.05, 0) is 50.5 Å². The number of alkyl halides is 3. The summed E-state index contributed by atoms with van der Waals surface area (Å²) in [6.07, 6.45) is 2.14. The van der Waals surface area contributed by atoms with Crippen LogP contribution in [0.5, 0.6) is 11.5 Å². The Morgan fingerprint density at radius 3 is 2.35 bits per heavy atom. The smallest absolute Gasteiger partial charge is 0.422 e. The predicted molar refractivity (Wildman–Crippen MR) is 146 cm³/mol. The van der Waals surface area contributed by atoms with Gasteiger partial charge < -0.3 is 23.8 Å². The lowest BCUT2D eigenvalue weighted by Gasteiger charge is -2.18. The summed E-state index contributed by atoms with van der Waals surface area (Å²) in [5.41, 5.74) is 1.30. The Hall–Kier alpha value is -2.88. The van der Waals surface area contributed by atoms with E-state index in [-0.39, 0.29) is 31.5 Å². The van der Waals surface area contributed by atoms with Gasteiger partial charge in [-0.15, -0.1) is 0 Å². The third-order valence-electron chi connectivity index (χ3n) is 5.43. The molecule has 0 radical (unpaired) electrons. The Morgan fingerprint density at radius 2 is 1.73 bits per heavy atom. The molecule has 1 atom stereocenters. The van der Waals surface area contributed by atoms with Gasteiger partial charge in [-0.2, -0.15) is 13.2 Å². The molecule has 0 spiro atoms. The second-order valence-corrected chi connectivity index (χ2v) is 10.8. The number of unbranched alkanes of at least 4 members (excludes halogenated alkanes) is 2. The van der Waals surface area contributed by atoms with Gasteiger partial charge in [-0.3, -0.25) is 14.3 Å². The van der Waals surface area contributed by atoms with Crippen LogP contribution in [0.15, 0.2) is 54.5 Å². The van der Waals surface area contributed by atoms with Crippen molar-refractivity contribution in [1.82, 2.24) is 10.3 Å². The van der Waals surface area contributed by atoms with Crippen LogP contribution < -0.4 is 14.8 Å². The lowest BCUT2D eigenvalue weighted by Crippen LogP contribution is -2.34. The summed E-state index contributed by atoms with van der Waals surface area (Å²) in [7, 11) is -3.43. The van der Waals surface area contributed by atoms with Crippen LogP contribution in [-0.2, 0) is 31.4 Å². The fourth-order valence-corrected chi connectivity index (χ4v) is 4.98. The fraction of sp³-hybridized carbons (Fsp3) is 0.500. The zero-order valence-corrected chi connectivity index (χ0v) is 24.0. The molecule has 40 heavy (non-hydrogen) atoms. The minimum atomic E-state index is -4.43. The highest BCUT2D eigenvalue weighted by molar-refractivity contribution is 7.57. The molecule has 2 rings (SSSR count). The van der Waals surface area contributed by atoms with Crippen LogP contribution >= 0.6 is 7.60 Å². The fourth-order valence-electron chi connectivity index (χ4n) is 3.60. The molecule has 0 fully saturated rings. The zero-order chi connectivity index (χ0) is 29.4. The average molecular weight is 587 g/mol. The van der Waals surface area contributed by atoms with Crippen molar-refractivity contribution >= 4 is 13.5 Å². The maximum absolute atomic E-state index is 12.9. The van der Waals surface area contributed by atoms with E-state index in [1.54, 1.807) is 32.1 Å². The standard InChI is InChI=1S/C28H38F3N2O6P/c1-4-7-8-9-27(34)33-23(15-17-40(35,38-5-2)39-6-3)18-22-10-12-25(13-11-22)36-20-24-19-26(14-16-32-24)37-21-28(29,30)31/h10-17,19,23H,4-9,18,20-21H2,1-3H3,(H,33,34)/b17-15+/t23-/m0/s1. The summed E-state index contributed by atoms with van der Waals surface area (Å²) in [6.45, 7) is 4.61. The molecule has 12 heteroatoms. The van der Waals surface area contributed by atoms with Crippen LogP contribution in [0.4, 0.5) is 13.2 Å². The van der Waals surface area contributed by atoms with Crippen LogP contribution in [-0.4, -0.2) is 42.9 Å². The Morgan fingerprint density at radius 1 is 1.02 bits per heavy atom. The highest BCUT2D eigenvalue weighted by atomic mass is 31.2. The van der Waals surface area contributed by atoms with Gasteiger partial charge >= 0.3 is 13.8 Å².